The number of benzene rings is 1. The van der Waals surface area contributed by atoms with Gasteiger partial charge in [0.25, 0.3) is 0 Å². The second-order valence-electron chi connectivity index (χ2n) is 4.12. The van der Waals surface area contributed by atoms with Crippen LogP contribution in [0.1, 0.15) is 30.5 Å². The lowest BCUT2D eigenvalue weighted by molar-refractivity contribution is -0.143. The van der Waals surface area contributed by atoms with Crippen LogP contribution in [0.5, 0.6) is 0 Å². The van der Waals surface area contributed by atoms with Crippen LogP contribution < -0.4 is 5.32 Å². The van der Waals surface area contributed by atoms with Gasteiger partial charge in [-0.1, -0.05) is 0 Å². The molecular formula is C13H15F4NO2. The van der Waals surface area contributed by atoms with Crippen molar-refractivity contribution < 1.29 is 27.1 Å². The first kappa shape index (κ1) is 16.4. The molecule has 0 radical (unpaired) electrons. The first-order chi connectivity index (χ1) is 9.27. The molecule has 1 atom stereocenters. The zero-order valence-corrected chi connectivity index (χ0v) is 11.1. The van der Waals surface area contributed by atoms with E-state index in [0.717, 1.165) is 12.1 Å². The molecule has 1 rings (SSSR count). The van der Waals surface area contributed by atoms with E-state index in [1.807, 2.05) is 0 Å². The number of alkyl halides is 3. The highest BCUT2D eigenvalue weighted by Gasteiger charge is 2.32. The summed E-state index contributed by atoms with van der Waals surface area (Å²) >= 11 is 0. The molecule has 20 heavy (non-hydrogen) atoms. The van der Waals surface area contributed by atoms with Crippen LogP contribution in [-0.4, -0.2) is 19.6 Å². The summed E-state index contributed by atoms with van der Waals surface area (Å²) in [5.41, 5.74) is -1.04. The zero-order valence-electron chi connectivity index (χ0n) is 11.1. The van der Waals surface area contributed by atoms with Crippen LogP contribution in [0, 0.1) is 5.82 Å². The van der Waals surface area contributed by atoms with Crippen molar-refractivity contribution in [1.29, 1.82) is 0 Å². The number of halogens is 4. The third-order valence-corrected chi connectivity index (χ3v) is 2.67. The number of carbonyl (C=O) groups excluding carboxylic acids is 1. The molecule has 0 aromatic heterocycles. The van der Waals surface area contributed by atoms with Gasteiger partial charge in [-0.25, -0.2) is 4.39 Å². The van der Waals surface area contributed by atoms with Crippen LogP contribution >= 0.6 is 0 Å². The van der Waals surface area contributed by atoms with Gasteiger partial charge in [0.15, 0.2) is 0 Å². The molecule has 1 N–H and O–H groups in total. The van der Waals surface area contributed by atoms with Gasteiger partial charge in [0.2, 0.25) is 0 Å². The lowest BCUT2D eigenvalue weighted by Crippen LogP contribution is -2.22. The smallest absolute Gasteiger partial charge is 0.416 e. The fourth-order valence-electron chi connectivity index (χ4n) is 1.75. The van der Waals surface area contributed by atoms with Crippen molar-refractivity contribution in [3.05, 3.63) is 35.1 Å². The number of rotatable bonds is 5. The topological polar surface area (TPSA) is 38.3 Å². The Morgan fingerprint density at radius 1 is 1.35 bits per heavy atom. The summed E-state index contributed by atoms with van der Waals surface area (Å²) in [6, 6.07) is 1.46. The number of nitrogens with one attached hydrogen (secondary N) is 1. The second-order valence-corrected chi connectivity index (χ2v) is 4.12. The van der Waals surface area contributed by atoms with Crippen molar-refractivity contribution in [3.63, 3.8) is 0 Å². The molecule has 0 heterocycles. The Morgan fingerprint density at radius 3 is 2.50 bits per heavy atom. The van der Waals surface area contributed by atoms with Gasteiger partial charge < -0.3 is 10.1 Å². The number of hydrogen-bond acceptors (Lipinski definition) is 3. The maximum Gasteiger partial charge on any atom is 0.416 e. The van der Waals surface area contributed by atoms with Gasteiger partial charge in [0, 0.05) is 6.04 Å². The van der Waals surface area contributed by atoms with Crippen LogP contribution in [0.25, 0.3) is 0 Å². The quantitative estimate of drug-likeness (QED) is 0.670. The van der Waals surface area contributed by atoms with Gasteiger partial charge in [-0.2, -0.15) is 13.2 Å². The monoisotopic (exact) mass is 293 g/mol. The van der Waals surface area contributed by atoms with Crippen molar-refractivity contribution in [2.24, 2.45) is 0 Å². The molecule has 1 unspecified atom stereocenters. The standard InChI is InChI=1S/C13H15F4NO2/c1-3-20-12(19)7-11(18-2)8-4-9(13(15,16)17)6-10(14)5-8/h4-6,11,18H,3,7H2,1-2H3. The van der Waals surface area contributed by atoms with Gasteiger partial charge in [0.05, 0.1) is 18.6 Å². The fourth-order valence-corrected chi connectivity index (χ4v) is 1.75. The first-order valence-corrected chi connectivity index (χ1v) is 5.98. The van der Waals surface area contributed by atoms with Crippen LogP contribution in [0.4, 0.5) is 17.6 Å². The maximum absolute atomic E-state index is 13.3. The Labute approximate surface area is 113 Å². The third kappa shape index (κ3) is 4.48. The average molecular weight is 293 g/mol. The number of esters is 1. The number of ether oxygens (including phenoxy) is 1. The lowest BCUT2D eigenvalue weighted by Gasteiger charge is -2.17. The largest absolute Gasteiger partial charge is 0.466 e. The summed E-state index contributed by atoms with van der Waals surface area (Å²) in [6.07, 6.45) is -4.82. The highest BCUT2D eigenvalue weighted by molar-refractivity contribution is 5.70. The summed E-state index contributed by atoms with van der Waals surface area (Å²) in [4.78, 5) is 11.4. The van der Waals surface area contributed by atoms with E-state index < -0.39 is 29.6 Å². The molecule has 0 amide bonds. The van der Waals surface area contributed by atoms with E-state index in [1.54, 1.807) is 6.92 Å². The molecule has 3 nitrogen and oxygen atoms in total. The maximum atomic E-state index is 13.3. The highest BCUT2D eigenvalue weighted by Crippen LogP contribution is 2.32. The Morgan fingerprint density at radius 2 is 2.00 bits per heavy atom. The SMILES string of the molecule is CCOC(=O)CC(NC)c1cc(F)cc(C(F)(F)F)c1. The fraction of sp³-hybridized carbons (Fsp3) is 0.462. The summed E-state index contributed by atoms with van der Waals surface area (Å²) in [5, 5.41) is 2.68. The van der Waals surface area contributed by atoms with Gasteiger partial charge in [-0.3, -0.25) is 4.79 Å². The summed E-state index contributed by atoms with van der Waals surface area (Å²) in [6.45, 7) is 1.79. The van der Waals surface area contributed by atoms with E-state index in [2.05, 4.69) is 5.32 Å². The van der Waals surface area contributed by atoms with Crippen LogP contribution in [0.15, 0.2) is 18.2 Å². The molecular weight excluding hydrogens is 278 g/mol. The van der Waals surface area contributed by atoms with Crippen molar-refractivity contribution in [1.82, 2.24) is 5.32 Å². The van der Waals surface area contributed by atoms with E-state index >= 15 is 0 Å². The Balaban J connectivity index is 3.03. The second kappa shape index (κ2) is 6.69. The average Bonchev–Trinajstić information content (AvgIpc) is 2.34. The van der Waals surface area contributed by atoms with E-state index in [1.165, 1.54) is 7.05 Å². The molecule has 0 bridgehead atoms. The normalized spacial score (nSPS) is 13.1. The van der Waals surface area contributed by atoms with E-state index in [-0.39, 0.29) is 18.6 Å². The Kier molecular flexibility index (Phi) is 5.50. The Hall–Kier alpha value is -1.63. The van der Waals surface area contributed by atoms with E-state index in [0.29, 0.717) is 6.07 Å². The highest BCUT2D eigenvalue weighted by atomic mass is 19.4. The minimum absolute atomic E-state index is 0.0490. The molecule has 7 heteroatoms. The molecule has 0 aliphatic carbocycles. The molecule has 1 aromatic carbocycles. The third-order valence-electron chi connectivity index (χ3n) is 2.67. The molecule has 0 saturated carbocycles. The van der Waals surface area contributed by atoms with Gasteiger partial charge in [-0.05, 0) is 37.7 Å². The van der Waals surface area contributed by atoms with Gasteiger partial charge >= 0.3 is 12.1 Å². The molecule has 0 saturated heterocycles. The van der Waals surface area contributed by atoms with Crippen molar-refractivity contribution in [3.8, 4) is 0 Å². The van der Waals surface area contributed by atoms with E-state index in [4.69, 9.17) is 4.74 Å². The zero-order chi connectivity index (χ0) is 15.3. The first-order valence-electron chi connectivity index (χ1n) is 5.98. The van der Waals surface area contributed by atoms with Gasteiger partial charge in [-0.15, -0.1) is 0 Å². The molecule has 1 aromatic rings. The molecule has 112 valence electrons. The van der Waals surface area contributed by atoms with E-state index in [9.17, 15) is 22.4 Å². The Bertz CT molecular complexity index is 474. The lowest BCUT2D eigenvalue weighted by atomic mass is 10.0. The van der Waals surface area contributed by atoms with Crippen molar-refractivity contribution in [2.45, 2.75) is 25.6 Å². The summed E-state index contributed by atoms with van der Waals surface area (Å²) < 4.78 is 55.9. The summed E-state index contributed by atoms with van der Waals surface area (Å²) in [5.74, 6) is -1.57. The van der Waals surface area contributed by atoms with Crippen molar-refractivity contribution >= 4 is 5.97 Å². The van der Waals surface area contributed by atoms with Crippen LogP contribution in [0.3, 0.4) is 0 Å². The minimum atomic E-state index is -4.64. The van der Waals surface area contributed by atoms with Gasteiger partial charge in [0.1, 0.15) is 5.82 Å². The number of hydrogen-bond donors (Lipinski definition) is 1. The minimum Gasteiger partial charge on any atom is -0.466 e. The molecule has 0 fully saturated rings. The predicted octanol–water partition coefficient (Wildman–Crippen LogP) is 3.06. The molecule has 0 aliphatic heterocycles. The summed E-state index contributed by atoms with van der Waals surface area (Å²) in [7, 11) is 1.47. The number of carbonyl (C=O) groups is 1. The van der Waals surface area contributed by atoms with Crippen molar-refractivity contribution in [2.75, 3.05) is 13.7 Å². The van der Waals surface area contributed by atoms with Crippen LogP contribution in [-0.2, 0) is 15.7 Å². The van der Waals surface area contributed by atoms with Crippen LogP contribution in [0.2, 0.25) is 0 Å². The molecule has 0 spiro atoms. The predicted molar refractivity (Wildman–Crippen MR) is 64.5 cm³/mol. The molecule has 0 aliphatic rings.